The molecule has 0 N–H and O–H groups in total. The van der Waals surface area contributed by atoms with Crippen molar-refractivity contribution in [2.75, 3.05) is 0 Å². The average Bonchev–Trinajstić information content (AvgIpc) is 3.86. The van der Waals surface area contributed by atoms with E-state index in [1.54, 1.807) is 0 Å². The largest absolute Gasteiger partial charge is 0.307 e. The monoisotopic (exact) mass is 755 g/mol. The fourth-order valence-electron chi connectivity index (χ4n) is 9.85. The highest BCUT2D eigenvalue weighted by Gasteiger charge is 2.22. The van der Waals surface area contributed by atoms with Crippen molar-refractivity contribution in [2.24, 2.45) is 0 Å². The van der Waals surface area contributed by atoms with Crippen molar-refractivity contribution < 1.29 is 0 Å². The summed E-state index contributed by atoms with van der Waals surface area (Å²) in [5, 5.41) is 12.6. The maximum Gasteiger partial charge on any atom is 0.0880 e. The lowest BCUT2D eigenvalue weighted by Crippen LogP contribution is -1.98. The van der Waals surface area contributed by atoms with Crippen LogP contribution >= 0.6 is 11.3 Å². The number of pyridine rings is 1. The lowest BCUT2D eigenvalue weighted by Gasteiger charge is -2.14. The van der Waals surface area contributed by atoms with Gasteiger partial charge >= 0.3 is 0 Å². The molecule has 0 aliphatic heterocycles. The van der Waals surface area contributed by atoms with E-state index in [2.05, 4.69) is 191 Å². The zero-order valence-corrected chi connectivity index (χ0v) is 32.2. The lowest BCUT2D eigenvalue weighted by molar-refractivity contribution is 1.15. The van der Waals surface area contributed by atoms with E-state index < -0.39 is 0 Å². The number of hydrogen-bond donors (Lipinski definition) is 0. The molecule has 3 nitrogen and oxygen atoms in total. The van der Waals surface area contributed by atoms with Crippen molar-refractivity contribution in [3.8, 4) is 22.6 Å². The van der Waals surface area contributed by atoms with Crippen LogP contribution in [0.4, 0.5) is 0 Å². The van der Waals surface area contributed by atoms with Crippen molar-refractivity contribution in [1.82, 2.24) is 14.1 Å². The standard InChI is InChI=1S/C54H33N3S/c1-3-13-34(14-4-1)56-48-21-11-9-19-41(48)43-26-27-44-42-20-10-12-22-49(42)57(53(44)52(43)56)35-24-28-50-47(32-35)45-29-30-55-51(54(45)58-50)33-23-25-40-38-16-6-2-5-15-36(38)37-17-7-8-18-39(37)46(40)31-33/h1,3-32H,2H2. The minimum absolute atomic E-state index is 0.946. The van der Waals surface area contributed by atoms with Gasteiger partial charge in [-0.05, 0) is 93.7 Å². The van der Waals surface area contributed by atoms with Crippen molar-refractivity contribution in [1.29, 1.82) is 0 Å². The van der Waals surface area contributed by atoms with E-state index in [1.165, 1.54) is 96.5 Å². The van der Waals surface area contributed by atoms with Crippen molar-refractivity contribution in [3.63, 3.8) is 0 Å². The third-order valence-electron chi connectivity index (χ3n) is 12.3. The molecule has 0 saturated heterocycles. The van der Waals surface area contributed by atoms with E-state index in [0.29, 0.717) is 0 Å². The Bertz CT molecular complexity index is 3760. The van der Waals surface area contributed by atoms with E-state index >= 15 is 0 Å². The summed E-state index contributed by atoms with van der Waals surface area (Å²) in [6, 6.07) is 58.1. The number of rotatable bonds is 3. The molecule has 4 aromatic heterocycles. The maximum absolute atomic E-state index is 5.09. The third-order valence-corrected chi connectivity index (χ3v) is 13.5. The summed E-state index contributed by atoms with van der Waals surface area (Å²) in [6.07, 6.45) is 12.1. The fourth-order valence-corrected chi connectivity index (χ4v) is 11.0. The van der Waals surface area contributed by atoms with Gasteiger partial charge in [0.1, 0.15) is 0 Å². The van der Waals surface area contributed by atoms with Gasteiger partial charge in [0.05, 0.1) is 32.5 Å². The molecular weight excluding hydrogens is 723 g/mol. The Kier molecular flexibility index (Phi) is 6.66. The highest BCUT2D eigenvalue weighted by Crippen LogP contribution is 2.45. The topological polar surface area (TPSA) is 22.8 Å². The predicted molar refractivity (Wildman–Crippen MR) is 249 cm³/mol. The second-order valence-electron chi connectivity index (χ2n) is 15.4. The normalized spacial score (nSPS) is 13.0. The molecule has 1 aliphatic carbocycles. The summed E-state index contributed by atoms with van der Waals surface area (Å²) >= 11 is 1.84. The first-order chi connectivity index (χ1) is 28.8. The first-order valence-corrected chi connectivity index (χ1v) is 20.8. The SMILES string of the molecule is C1=Cc2c(c3ccc(-c4nccc5c4sc4ccc(-n6c7ccccc7c7ccc8c9ccccc9n(-c9ccccc9)c8c76)cc45)cc3c3ccccc23)C=CC1. The van der Waals surface area contributed by atoms with Gasteiger partial charge in [-0.15, -0.1) is 11.3 Å². The summed E-state index contributed by atoms with van der Waals surface area (Å²) in [6.45, 7) is 0. The van der Waals surface area contributed by atoms with Crippen LogP contribution < -0.4 is 0 Å². The summed E-state index contributed by atoms with van der Waals surface area (Å²) < 4.78 is 7.42. The summed E-state index contributed by atoms with van der Waals surface area (Å²) in [4.78, 5) is 5.09. The molecule has 4 heteroatoms. The van der Waals surface area contributed by atoms with Gasteiger partial charge in [-0.3, -0.25) is 4.98 Å². The van der Waals surface area contributed by atoms with Crippen molar-refractivity contribution in [3.05, 3.63) is 187 Å². The number of allylic oxidation sites excluding steroid dienone is 2. The van der Waals surface area contributed by atoms with Gasteiger partial charge < -0.3 is 9.13 Å². The number of fused-ring (bicyclic) bond motifs is 16. The molecule has 13 rings (SSSR count). The first kappa shape index (κ1) is 31.9. The zero-order valence-electron chi connectivity index (χ0n) is 31.4. The van der Waals surface area contributed by atoms with E-state index in [9.17, 15) is 0 Å². The molecule has 58 heavy (non-hydrogen) atoms. The van der Waals surface area contributed by atoms with Crippen molar-refractivity contribution in [2.45, 2.75) is 6.42 Å². The minimum atomic E-state index is 0.946. The van der Waals surface area contributed by atoms with Crippen LogP contribution in [0.25, 0.3) is 120 Å². The Morgan fingerprint density at radius 2 is 1.03 bits per heavy atom. The smallest absolute Gasteiger partial charge is 0.0880 e. The molecule has 8 aromatic carbocycles. The molecule has 4 heterocycles. The van der Waals surface area contributed by atoms with E-state index in [-0.39, 0.29) is 0 Å². The van der Waals surface area contributed by atoms with Gasteiger partial charge in [0, 0.05) is 60.2 Å². The molecule has 0 saturated carbocycles. The minimum Gasteiger partial charge on any atom is -0.307 e. The van der Waals surface area contributed by atoms with Gasteiger partial charge in [-0.25, -0.2) is 0 Å². The average molecular weight is 756 g/mol. The van der Waals surface area contributed by atoms with Crippen LogP contribution in [0, 0.1) is 0 Å². The second-order valence-corrected chi connectivity index (χ2v) is 16.4. The number of thiophene rings is 1. The fraction of sp³-hybridized carbons (Fsp3) is 0.0185. The summed E-state index contributed by atoms with van der Waals surface area (Å²) in [5.41, 5.74) is 11.9. The summed E-state index contributed by atoms with van der Waals surface area (Å²) in [7, 11) is 0. The summed E-state index contributed by atoms with van der Waals surface area (Å²) in [5.74, 6) is 0. The van der Waals surface area contributed by atoms with E-state index in [1.807, 2.05) is 17.5 Å². The highest BCUT2D eigenvalue weighted by molar-refractivity contribution is 7.26. The molecule has 0 amide bonds. The molecule has 0 spiro atoms. The van der Waals surface area contributed by atoms with Gasteiger partial charge in [-0.2, -0.15) is 0 Å². The third kappa shape index (κ3) is 4.41. The Morgan fingerprint density at radius 3 is 1.76 bits per heavy atom. The van der Waals surface area contributed by atoms with Gasteiger partial charge in [-0.1, -0.05) is 127 Å². The molecule has 0 bridgehead atoms. The molecule has 1 aliphatic rings. The molecule has 0 unspecified atom stereocenters. The van der Waals surface area contributed by atoms with Crippen LogP contribution in [0.2, 0.25) is 0 Å². The predicted octanol–water partition coefficient (Wildman–Crippen LogP) is 15.0. The molecule has 0 radical (unpaired) electrons. The number of benzene rings is 8. The van der Waals surface area contributed by atoms with Crippen molar-refractivity contribution >= 4 is 109 Å². The van der Waals surface area contributed by atoms with Gasteiger partial charge in [0.2, 0.25) is 0 Å². The molecule has 270 valence electrons. The van der Waals surface area contributed by atoms with E-state index in [4.69, 9.17) is 4.98 Å². The Balaban J connectivity index is 1.06. The van der Waals surface area contributed by atoms with Crippen LogP contribution in [0.3, 0.4) is 0 Å². The molecular formula is C54H33N3S. The Hall–Kier alpha value is -7.27. The molecule has 0 fully saturated rings. The van der Waals surface area contributed by atoms with Crippen LogP contribution in [0.5, 0.6) is 0 Å². The second kappa shape index (κ2) is 12.1. The van der Waals surface area contributed by atoms with Gasteiger partial charge in [0.15, 0.2) is 0 Å². The number of nitrogens with zero attached hydrogens (tertiary/aromatic N) is 3. The Labute approximate surface area is 337 Å². The number of aromatic nitrogens is 3. The van der Waals surface area contributed by atoms with E-state index in [0.717, 1.165) is 29.1 Å². The number of para-hydroxylation sites is 3. The highest BCUT2D eigenvalue weighted by atomic mass is 32.1. The maximum atomic E-state index is 5.09. The van der Waals surface area contributed by atoms with Gasteiger partial charge in [0.25, 0.3) is 0 Å². The first-order valence-electron chi connectivity index (χ1n) is 19.9. The lowest BCUT2D eigenvalue weighted by atomic mass is 9.90. The van der Waals surface area contributed by atoms with Crippen LogP contribution in [-0.2, 0) is 0 Å². The van der Waals surface area contributed by atoms with Crippen LogP contribution in [0.15, 0.2) is 176 Å². The van der Waals surface area contributed by atoms with Crippen LogP contribution in [0.1, 0.15) is 17.5 Å². The molecule has 0 atom stereocenters. The Morgan fingerprint density at radius 1 is 0.431 bits per heavy atom. The van der Waals surface area contributed by atoms with Crippen LogP contribution in [-0.4, -0.2) is 14.1 Å². The molecule has 12 aromatic rings. The number of hydrogen-bond acceptors (Lipinski definition) is 2. The quantitative estimate of drug-likeness (QED) is 0.165. The zero-order chi connectivity index (χ0) is 37.9.